The fourth-order valence-corrected chi connectivity index (χ4v) is 1.33. The lowest BCUT2D eigenvalue weighted by atomic mass is 10.3. The second-order valence-electron chi connectivity index (χ2n) is 4.62. The van der Waals surface area contributed by atoms with E-state index in [1.54, 1.807) is 6.92 Å². The van der Waals surface area contributed by atoms with Gasteiger partial charge in [0.1, 0.15) is 6.10 Å². The van der Waals surface area contributed by atoms with E-state index in [0.29, 0.717) is 12.6 Å². The van der Waals surface area contributed by atoms with Gasteiger partial charge in [0.25, 0.3) is 0 Å². The van der Waals surface area contributed by atoms with Crippen LogP contribution in [0.4, 0.5) is 0 Å². The molecule has 0 fully saturated rings. The SMILES string of the molecule is CCCCNC(=O)C(C)OCCCNC(C)C. The van der Waals surface area contributed by atoms with Gasteiger partial charge in [-0.2, -0.15) is 0 Å². The third-order valence-electron chi connectivity index (χ3n) is 2.44. The molecular formula is C13H28N2O2. The van der Waals surface area contributed by atoms with Crippen LogP contribution < -0.4 is 10.6 Å². The zero-order valence-electron chi connectivity index (χ0n) is 11.7. The molecule has 1 unspecified atom stereocenters. The molecule has 1 atom stereocenters. The Bertz CT molecular complexity index is 196. The Morgan fingerprint density at radius 3 is 2.47 bits per heavy atom. The van der Waals surface area contributed by atoms with Crippen LogP contribution in [0, 0.1) is 0 Å². The number of hydrogen-bond donors (Lipinski definition) is 2. The number of carbonyl (C=O) groups is 1. The number of hydrogen-bond acceptors (Lipinski definition) is 3. The van der Waals surface area contributed by atoms with Crippen LogP contribution in [0.1, 0.15) is 47.0 Å². The first-order chi connectivity index (χ1) is 8.07. The quantitative estimate of drug-likeness (QED) is 0.575. The van der Waals surface area contributed by atoms with E-state index in [9.17, 15) is 4.79 Å². The summed E-state index contributed by atoms with van der Waals surface area (Å²) in [6.07, 6.45) is 2.71. The van der Waals surface area contributed by atoms with Crippen LogP contribution in [0.5, 0.6) is 0 Å². The Morgan fingerprint density at radius 2 is 1.88 bits per heavy atom. The number of ether oxygens (including phenoxy) is 1. The van der Waals surface area contributed by atoms with Gasteiger partial charge in [0.2, 0.25) is 5.91 Å². The number of amides is 1. The molecule has 0 saturated carbocycles. The Morgan fingerprint density at radius 1 is 1.18 bits per heavy atom. The van der Waals surface area contributed by atoms with Gasteiger partial charge >= 0.3 is 0 Å². The highest BCUT2D eigenvalue weighted by Crippen LogP contribution is 1.94. The van der Waals surface area contributed by atoms with Gasteiger partial charge in [0, 0.05) is 19.2 Å². The molecule has 17 heavy (non-hydrogen) atoms. The molecule has 4 nitrogen and oxygen atoms in total. The van der Waals surface area contributed by atoms with Crippen molar-refractivity contribution >= 4 is 5.91 Å². The summed E-state index contributed by atoms with van der Waals surface area (Å²) in [6, 6.07) is 0.504. The Labute approximate surface area is 105 Å². The molecule has 102 valence electrons. The lowest BCUT2D eigenvalue weighted by molar-refractivity contribution is -0.131. The fourth-order valence-electron chi connectivity index (χ4n) is 1.33. The van der Waals surface area contributed by atoms with Gasteiger partial charge in [-0.05, 0) is 26.3 Å². The maximum absolute atomic E-state index is 11.5. The lowest BCUT2D eigenvalue weighted by Gasteiger charge is -2.13. The average Bonchev–Trinajstić information content (AvgIpc) is 2.28. The topological polar surface area (TPSA) is 50.4 Å². The summed E-state index contributed by atoms with van der Waals surface area (Å²) in [4.78, 5) is 11.5. The van der Waals surface area contributed by atoms with Crippen molar-refractivity contribution in [2.24, 2.45) is 0 Å². The van der Waals surface area contributed by atoms with Crippen molar-refractivity contribution < 1.29 is 9.53 Å². The summed E-state index contributed by atoms with van der Waals surface area (Å²) < 4.78 is 5.46. The van der Waals surface area contributed by atoms with Gasteiger partial charge in [-0.1, -0.05) is 27.2 Å². The summed E-state index contributed by atoms with van der Waals surface area (Å²) in [5.41, 5.74) is 0. The van der Waals surface area contributed by atoms with Crippen molar-refractivity contribution in [2.45, 2.75) is 59.1 Å². The normalized spacial score (nSPS) is 12.8. The van der Waals surface area contributed by atoms with Crippen LogP contribution in [0.25, 0.3) is 0 Å². The summed E-state index contributed by atoms with van der Waals surface area (Å²) in [7, 11) is 0. The maximum Gasteiger partial charge on any atom is 0.248 e. The van der Waals surface area contributed by atoms with Gasteiger partial charge in [-0.25, -0.2) is 0 Å². The summed E-state index contributed by atoms with van der Waals surface area (Å²) in [6.45, 7) is 10.4. The molecule has 0 spiro atoms. The van der Waals surface area contributed by atoms with Crippen molar-refractivity contribution in [1.29, 1.82) is 0 Å². The van der Waals surface area contributed by atoms with E-state index in [1.807, 2.05) is 0 Å². The molecule has 0 aromatic carbocycles. The van der Waals surface area contributed by atoms with Crippen LogP contribution in [-0.4, -0.2) is 37.7 Å². The van der Waals surface area contributed by atoms with E-state index in [2.05, 4.69) is 31.4 Å². The fraction of sp³-hybridized carbons (Fsp3) is 0.923. The number of unbranched alkanes of at least 4 members (excludes halogenated alkanes) is 1. The van der Waals surface area contributed by atoms with Gasteiger partial charge in [-0.15, -0.1) is 0 Å². The van der Waals surface area contributed by atoms with Gasteiger partial charge < -0.3 is 15.4 Å². The average molecular weight is 244 g/mol. The van der Waals surface area contributed by atoms with Crippen LogP contribution in [0.15, 0.2) is 0 Å². The molecular weight excluding hydrogens is 216 g/mol. The van der Waals surface area contributed by atoms with Crippen molar-refractivity contribution in [3.8, 4) is 0 Å². The highest BCUT2D eigenvalue weighted by Gasteiger charge is 2.11. The standard InChI is InChI=1S/C13H28N2O2/c1-5-6-8-15-13(16)12(4)17-10-7-9-14-11(2)3/h11-12,14H,5-10H2,1-4H3,(H,15,16). The van der Waals surface area contributed by atoms with E-state index in [4.69, 9.17) is 4.74 Å². The van der Waals surface area contributed by atoms with Crippen LogP contribution in [0.2, 0.25) is 0 Å². The van der Waals surface area contributed by atoms with Gasteiger partial charge in [0.05, 0.1) is 0 Å². The smallest absolute Gasteiger partial charge is 0.248 e. The third kappa shape index (κ3) is 10.3. The Kier molecular flexibility index (Phi) is 10.2. The molecule has 0 aromatic rings. The predicted octanol–water partition coefficient (Wildman–Crippen LogP) is 1.70. The molecule has 0 rings (SSSR count). The van der Waals surface area contributed by atoms with Crippen molar-refractivity contribution in [3.63, 3.8) is 0 Å². The van der Waals surface area contributed by atoms with Crippen LogP contribution in [0.3, 0.4) is 0 Å². The van der Waals surface area contributed by atoms with Crippen LogP contribution in [-0.2, 0) is 9.53 Å². The summed E-state index contributed by atoms with van der Waals surface area (Å²) in [5, 5.41) is 6.17. The first-order valence-electron chi connectivity index (χ1n) is 6.70. The monoisotopic (exact) mass is 244 g/mol. The summed E-state index contributed by atoms with van der Waals surface area (Å²) in [5.74, 6) is -0.00438. The molecule has 0 aliphatic heterocycles. The molecule has 0 heterocycles. The molecule has 0 bridgehead atoms. The molecule has 0 radical (unpaired) electrons. The van der Waals surface area contributed by atoms with E-state index < -0.39 is 0 Å². The minimum atomic E-state index is -0.342. The Balaban J connectivity index is 3.43. The van der Waals surface area contributed by atoms with Gasteiger partial charge in [0.15, 0.2) is 0 Å². The molecule has 0 saturated heterocycles. The maximum atomic E-state index is 11.5. The molecule has 0 aromatic heterocycles. The summed E-state index contributed by atoms with van der Waals surface area (Å²) >= 11 is 0. The highest BCUT2D eigenvalue weighted by molar-refractivity contribution is 5.80. The van der Waals surface area contributed by atoms with Gasteiger partial charge in [-0.3, -0.25) is 4.79 Å². The predicted molar refractivity (Wildman–Crippen MR) is 71.1 cm³/mol. The first-order valence-corrected chi connectivity index (χ1v) is 6.70. The number of nitrogens with one attached hydrogen (secondary N) is 2. The minimum Gasteiger partial charge on any atom is -0.369 e. The molecule has 4 heteroatoms. The molecule has 2 N–H and O–H groups in total. The zero-order chi connectivity index (χ0) is 13.1. The largest absolute Gasteiger partial charge is 0.369 e. The second kappa shape index (κ2) is 10.5. The zero-order valence-corrected chi connectivity index (χ0v) is 11.7. The van der Waals surface area contributed by atoms with Crippen molar-refractivity contribution in [1.82, 2.24) is 10.6 Å². The van der Waals surface area contributed by atoms with Crippen molar-refractivity contribution in [2.75, 3.05) is 19.7 Å². The highest BCUT2D eigenvalue weighted by atomic mass is 16.5. The van der Waals surface area contributed by atoms with E-state index in [0.717, 1.165) is 32.4 Å². The number of rotatable bonds is 10. The third-order valence-corrected chi connectivity index (χ3v) is 2.44. The molecule has 0 aliphatic rings. The molecule has 1 amide bonds. The van der Waals surface area contributed by atoms with E-state index >= 15 is 0 Å². The van der Waals surface area contributed by atoms with E-state index in [1.165, 1.54) is 0 Å². The minimum absolute atomic E-state index is 0.00438. The van der Waals surface area contributed by atoms with Crippen LogP contribution >= 0.6 is 0 Å². The van der Waals surface area contributed by atoms with Crippen molar-refractivity contribution in [3.05, 3.63) is 0 Å². The van der Waals surface area contributed by atoms with E-state index in [-0.39, 0.29) is 12.0 Å². The number of carbonyl (C=O) groups excluding carboxylic acids is 1. The molecule has 0 aliphatic carbocycles. The first kappa shape index (κ1) is 16.4. The second-order valence-corrected chi connectivity index (χ2v) is 4.62. The Hall–Kier alpha value is -0.610. The lowest BCUT2D eigenvalue weighted by Crippen LogP contribution is -2.35.